The van der Waals surface area contributed by atoms with Crippen molar-refractivity contribution in [1.29, 1.82) is 0 Å². The summed E-state index contributed by atoms with van der Waals surface area (Å²) >= 11 is 0. The predicted octanol–water partition coefficient (Wildman–Crippen LogP) is 6.72. The molecule has 0 aromatic carbocycles. The standard InChI is InChI=1S/C29H46O4/c1-20(14-10-17-28(6,7)32)12-9-13-21(2)15-11-18-29(8,33)19-16-25-24(5)26(30)22(3)23(4)27(25)31/h12,15,32-33H,9-11,13-14,16-19H2,1-8H3/b20-12+,21-15+. The fourth-order valence-electron chi connectivity index (χ4n) is 4.16. The summed E-state index contributed by atoms with van der Waals surface area (Å²) in [6.07, 6.45) is 11.6. The molecule has 2 N–H and O–H groups in total. The monoisotopic (exact) mass is 458 g/mol. The lowest BCUT2D eigenvalue weighted by Crippen LogP contribution is -2.26. The van der Waals surface area contributed by atoms with Crippen molar-refractivity contribution in [3.63, 3.8) is 0 Å². The first-order valence-corrected chi connectivity index (χ1v) is 12.4. The normalized spacial score (nSPS) is 18.4. The van der Waals surface area contributed by atoms with Crippen LogP contribution in [0.2, 0.25) is 0 Å². The molecule has 186 valence electrons. The quantitative estimate of drug-likeness (QED) is 0.237. The smallest absolute Gasteiger partial charge is 0.185 e. The minimum atomic E-state index is -0.880. The first-order chi connectivity index (χ1) is 15.1. The second-order valence-electron chi connectivity index (χ2n) is 10.9. The molecule has 0 heterocycles. The van der Waals surface area contributed by atoms with Crippen molar-refractivity contribution in [2.45, 2.75) is 124 Å². The van der Waals surface area contributed by atoms with Crippen LogP contribution in [0.1, 0.15) is 113 Å². The lowest BCUT2D eigenvalue weighted by atomic mass is 9.82. The topological polar surface area (TPSA) is 74.6 Å². The number of rotatable bonds is 13. The van der Waals surface area contributed by atoms with Crippen molar-refractivity contribution in [1.82, 2.24) is 0 Å². The van der Waals surface area contributed by atoms with Crippen LogP contribution < -0.4 is 0 Å². The van der Waals surface area contributed by atoms with Gasteiger partial charge in [-0.15, -0.1) is 0 Å². The minimum absolute atomic E-state index is 0.0539. The fraction of sp³-hybridized carbons (Fsp3) is 0.655. The van der Waals surface area contributed by atoms with Gasteiger partial charge < -0.3 is 10.2 Å². The summed E-state index contributed by atoms with van der Waals surface area (Å²) < 4.78 is 0. The van der Waals surface area contributed by atoms with Crippen LogP contribution in [0.4, 0.5) is 0 Å². The fourth-order valence-corrected chi connectivity index (χ4v) is 4.16. The van der Waals surface area contributed by atoms with E-state index >= 15 is 0 Å². The van der Waals surface area contributed by atoms with E-state index in [0.29, 0.717) is 41.6 Å². The minimum Gasteiger partial charge on any atom is -0.390 e. The number of aliphatic hydroxyl groups is 2. The molecule has 0 spiro atoms. The second kappa shape index (κ2) is 12.6. The lowest BCUT2D eigenvalue weighted by Gasteiger charge is -2.25. The average Bonchev–Trinajstić information content (AvgIpc) is 2.69. The van der Waals surface area contributed by atoms with Crippen LogP contribution in [-0.2, 0) is 9.59 Å². The Morgan fingerprint density at radius 2 is 1.30 bits per heavy atom. The molecule has 0 radical (unpaired) electrons. The van der Waals surface area contributed by atoms with E-state index in [1.807, 2.05) is 20.8 Å². The molecule has 0 fully saturated rings. The molecular weight excluding hydrogens is 412 g/mol. The number of allylic oxidation sites excluding steroid dienone is 8. The van der Waals surface area contributed by atoms with Crippen molar-refractivity contribution in [3.05, 3.63) is 45.6 Å². The Hall–Kier alpha value is -1.78. The van der Waals surface area contributed by atoms with Gasteiger partial charge in [-0.25, -0.2) is 0 Å². The van der Waals surface area contributed by atoms with Crippen LogP contribution in [0.3, 0.4) is 0 Å². The Balaban J connectivity index is 2.46. The van der Waals surface area contributed by atoms with Gasteiger partial charge in [0.15, 0.2) is 11.6 Å². The molecule has 0 aromatic rings. The second-order valence-corrected chi connectivity index (χ2v) is 10.9. The number of hydrogen-bond acceptors (Lipinski definition) is 4. The van der Waals surface area contributed by atoms with Gasteiger partial charge in [-0.1, -0.05) is 23.3 Å². The van der Waals surface area contributed by atoms with E-state index in [0.717, 1.165) is 38.5 Å². The van der Waals surface area contributed by atoms with Gasteiger partial charge in [0.1, 0.15) is 0 Å². The average molecular weight is 459 g/mol. The summed E-state index contributed by atoms with van der Waals surface area (Å²) in [4.78, 5) is 24.9. The highest BCUT2D eigenvalue weighted by molar-refractivity contribution is 6.24. The molecule has 0 amide bonds. The molecule has 1 unspecified atom stereocenters. The van der Waals surface area contributed by atoms with Crippen molar-refractivity contribution in [3.8, 4) is 0 Å². The molecule has 0 saturated heterocycles. The molecule has 0 aliphatic heterocycles. The summed E-state index contributed by atoms with van der Waals surface area (Å²) in [6.45, 7) is 14.9. The SMILES string of the molecule is CC1=C(C)C(=O)C(CCC(C)(O)CC/C=C(\C)CC/C=C(\C)CCCC(C)(C)O)=C(C)C1=O. The van der Waals surface area contributed by atoms with Crippen molar-refractivity contribution in [2.75, 3.05) is 0 Å². The van der Waals surface area contributed by atoms with Gasteiger partial charge in [0.2, 0.25) is 0 Å². The van der Waals surface area contributed by atoms with Gasteiger partial charge in [-0.2, -0.15) is 0 Å². The Bertz CT molecular complexity index is 841. The molecule has 4 nitrogen and oxygen atoms in total. The number of carbonyl (C=O) groups excluding carboxylic acids is 2. The summed E-state index contributed by atoms with van der Waals surface area (Å²) in [5, 5.41) is 20.6. The van der Waals surface area contributed by atoms with E-state index in [9.17, 15) is 19.8 Å². The third-order valence-electron chi connectivity index (χ3n) is 6.79. The Morgan fingerprint density at radius 1 is 0.758 bits per heavy atom. The maximum atomic E-state index is 12.6. The predicted molar refractivity (Wildman–Crippen MR) is 137 cm³/mol. The molecule has 0 bridgehead atoms. The maximum Gasteiger partial charge on any atom is 0.185 e. The third-order valence-corrected chi connectivity index (χ3v) is 6.79. The third kappa shape index (κ3) is 10.4. The van der Waals surface area contributed by atoms with Crippen LogP contribution in [0.5, 0.6) is 0 Å². The van der Waals surface area contributed by atoms with Gasteiger partial charge in [0.25, 0.3) is 0 Å². The van der Waals surface area contributed by atoms with Crippen LogP contribution in [-0.4, -0.2) is 33.0 Å². The van der Waals surface area contributed by atoms with E-state index < -0.39 is 11.2 Å². The molecule has 1 aliphatic rings. The first-order valence-electron chi connectivity index (χ1n) is 12.4. The Morgan fingerprint density at radius 3 is 1.91 bits per heavy atom. The highest BCUT2D eigenvalue weighted by atomic mass is 16.3. The lowest BCUT2D eigenvalue weighted by molar-refractivity contribution is -0.116. The summed E-state index contributed by atoms with van der Waals surface area (Å²) in [5.41, 5.74) is 3.36. The van der Waals surface area contributed by atoms with Gasteiger partial charge in [0.05, 0.1) is 11.2 Å². The summed E-state index contributed by atoms with van der Waals surface area (Å²) in [6, 6.07) is 0. The number of carbonyl (C=O) groups is 2. The van der Waals surface area contributed by atoms with Gasteiger partial charge in [-0.05, 0) is 113 Å². The zero-order valence-electron chi connectivity index (χ0n) is 22.2. The highest BCUT2D eigenvalue weighted by Gasteiger charge is 2.29. The van der Waals surface area contributed by atoms with Gasteiger partial charge >= 0.3 is 0 Å². The highest BCUT2D eigenvalue weighted by Crippen LogP contribution is 2.30. The molecule has 0 saturated carbocycles. The summed E-state index contributed by atoms with van der Waals surface area (Å²) in [7, 11) is 0. The van der Waals surface area contributed by atoms with Crippen LogP contribution in [0.15, 0.2) is 45.6 Å². The van der Waals surface area contributed by atoms with Gasteiger partial charge in [0, 0.05) is 22.3 Å². The molecular formula is C29H46O4. The maximum absolute atomic E-state index is 12.6. The molecule has 1 atom stereocenters. The van der Waals surface area contributed by atoms with Crippen molar-refractivity contribution >= 4 is 11.6 Å². The molecule has 0 aromatic heterocycles. The first kappa shape index (κ1) is 29.3. The van der Waals surface area contributed by atoms with Crippen molar-refractivity contribution < 1.29 is 19.8 Å². The van der Waals surface area contributed by atoms with Crippen molar-refractivity contribution in [2.24, 2.45) is 0 Å². The molecule has 1 aliphatic carbocycles. The van der Waals surface area contributed by atoms with Crippen LogP contribution in [0.25, 0.3) is 0 Å². The molecule has 33 heavy (non-hydrogen) atoms. The van der Waals surface area contributed by atoms with Crippen LogP contribution in [0, 0.1) is 0 Å². The number of ketones is 2. The van der Waals surface area contributed by atoms with E-state index in [1.54, 1.807) is 20.8 Å². The van der Waals surface area contributed by atoms with E-state index in [2.05, 4.69) is 26.0 Å². The zero-order chi connectivity index (χ0) is 25.4. The number of hydrogen-bond donors (Lipinski definition) is 2. The van der Waals surface area contributed by atoms with E-state index in [-0.39, 0.29) is 11.6 Å². The van der Waals surface area contributed by atoms with Crippen LogP contribution >= 0.6 is 0 Å². The number of Topliss-reactive ketones (excluding diaryl/α,β-unsaturated/α-hetero) is 2. The zero-order valence-corrected chi connectivity index (χ0v) is 22.2. The molecule has 1 rings (SSSR count). The Kier molecular flexibility index (Phi) is 11.2. The Labute approximate surface area is 201 Å². The van der Waals surface area contributed by atoms with Gasteiger partial charge in [-0.3, -0.25) is 9.59 Å². The largest absolute Gasteiger partial charge is 0.390 e. The molecule has 4 heteroatoms. The van der Waals surface area contributed by atoms with E-state index in [1.165, 1.54) is 11.1 Å². The van der Waals surface area contributed by atoms with E-state index in [4.69, 9.17) is 0 Å². The summed E-state index contributed by atoms with van der Waals surface area (Å²) in [5.74, 6) is -0.110.